The van der Waals surface area contributed by atoms with Crippen molar-refractivity contribution in [3.8, 4) is 22.9 Å². The molecule has 2 aromatic rings. The molecule has 6 heteroatoms. The lowest BCUT2D eigenvalue weighted by molar-refractivity contribution is 0.838. The van der Waals surface area contributed by atoms with Gasteiger partial charge < -0.3 is 0 Å². The standard InChI is InChI=1S/C28H44N4Si2/c1-19(2)33(20(3)4,21(5)6)15-13-25-26(32-28-27(31-25)17-29-18-30-28)14-16-34(22(7)8,23(9)10)24(11)12/h17-24H,1-12H3. The predicted molar refractivity (Wildman–Crippen MR) is 151 cm³/mol. The maximum Gasteiger partial charge on any atom is 0.182 e. The van der Waals surface area contributed by atoms with Gasteiger partial charge in [0, 0.05) is 0 Å². The van der Waals surface area contributed by atoms with Gasteiger partial charge in [0.15, 0.2) is 5.65 Å². The van der Waals surface area contributed by atoms with E-state index in [0.717, 1.165) is 0 Å². The summed E-state index contributed by atoms with van der Waals surface area (Å²) in [5.74, 6) is 7.01. The fourth-order valence-electron chi connectivity index (χ4n) is 6.19. The zero-order valence-corrected chi connectivity index (χ0v) is 25.4. The Bertz CT molecular complexity index is 980. The molecular weight excluding hydrogens is 449 g/mol. The maximum atomic E-state index is 4.87. The van der Waals surface area contributed by atoms with E-state index < -0.39 is 16.1 Å². The zero-order chi connectivity index (χ0) is 25.8. The molecule has 0 unspecified atom stereocenters. The van der Waals surface area contributed by atoms with E-state index in [9.17, 15) is 0 Å². The molecule has 0 aliphatic carbocycles. The van der Waals surface area contributed by atoms with Crippen LogP contribution in [0.3, 0.4) is 0 Å². The van der Waals surface area contributed by atoms with Crippen molar-refractivity contribution < 1.29 is 0 Å². The molecule has 34 heavy (non-hydrogen) atoms. The van der Waals surface area contributed by atoms with Gasteiger partial charge in [0.2, 0.25) is 0 Å². The largest absolute Gasteiger partial charge is 0.242 e. The van der Waals surface area contributed by atoms with Crippen molar-refractivity contribution in [3.63, 3.8) is 0 Å². The fraction of sp³-hybridized carbons (Fsp3) is 0.643. The second-order valence-electron chi connectivity index (χ2n) is 11.4. The fourth-order valence-corrected chi connectivity index (χ4v) is 16.6. The topological polar surface area (TPSA) is 51.6 Å². The molecular formula is C28H44N4Si2. The minimum Gasteiger partial charge on any atom is -0.242 e. The lowest BCUT2D eigenvalue weighted by Gasteiger charge is -2.38. The summed E-state index contributed by atoms with van der Waals surface area (Å²) in [6, 6.07) is 0. The summed E-state index contributed by atoms with van der Waals surface area (Å²) >= 11 is 0. The highest BCUT2D eigenvalue weighted by Gasteiger charge is 2.42. The summed E-state index contributed by atoms with van der Waals surface area (Å²) in [5.41, 5.74) is 13.5. The molecule has 0 amide bonds. The van der Waals surface area contributed by atoms with Gasteiger partial charge in [0.1, 0.15) is 39.4 Å². The first kappa shape index (κ1) is 28.2. The van der Waals surface area contributed by atoms with Crippen molar-refractivity contribution in [1.82, 2.24) is 19.9 Å². The number of aromatic nitrogens is 4. The summed E-state index contributed by atoms with van der Waals surface area (Å²) < 4.78 is 0. The van der Waals surface area contributed by atoms with E-state index in [2.05, 4.69) is 116 Å². The van der Waals surface area contributed by atoms with Crippen molar-refractivity contribution >= 4 is 27.3 Å². The highest BCUT2D eigenvalue weighted by molar-refractivity contribution is 6.91. The molecule has 0 fully saturated rings. The van der Waals surface area contributed by atoms with Crippen molar-refractivity contribution in [2.24, 2.45) is 0 Å². The van der Waals surface area contributed by atoms with Crippen molar-refractivity contribution in [1.29, 1.82) is 0 Å². The Labute approximate surface area is 210 Å². The number of fused-ring (bicyclic) bond motifs is 1. The highest BCUT2D eigenvalue weighted by atomic mass is 28.3. The van der Waals surface area contributed by atoms with Gasteiger partial charge in [-0.05, 0) is 33.2 Å². The van der Waals surface area contributed by atoms with E-state index >= 15 is 0 Å². The third-order valence-electron chi connectivity index (χ3n) is 7.87. The van der Waals surface area contributed by atoms with Crippen molar-refractivity contribution in [2.45, 2.75) is 116 Å². The smallest absolute Gasteiger partial charge is 0.182 e. The van der Waals surface area contributed by atoms with Crippen molar-refractivity contribution in [2.75, 3.05) is 0 Å². The average molecular weight is 493 g/mol. The molecule has 0 spiro atoms. The van der Waals surface area contributed by atoms with Crippen molar-refractivity contribution in [3.05, 3.63) is 23.9 Å². The molecule has 2 aromatic heterocycles. The van der Waals surface area contributed by atoms with Crippen LogP contribution in [0, 0.1) is 22.9 Å². The Hall–Kier alpha value is -2.03. The van der Waals surface area contributed by atoms with Crippen LogP contribution in [0.5, 0.6) is 0 Å². The van der Waals surface area contributed by atoms with Crippen LogP contribution in [0.15, 0.2) is 12.5 Å². The normalized spacial score (nSPS) is 12.6. The van der Waals surface area contributed by atoms with Crippen LogP contribution >= 0.6 is 0 Å². The number of rotatable bonds is 6. The molecule has 184 valence electrons. The van der Waals surface area contributed by atoms with E-state index in [-0.39, 0.29) is 0 Å². The van der Waals surface area contributed by atoms with Crippen LogP contribution in [0.1, 0.15) is 94.5 Å². The highest BCUT2D eigenvalue weighted by Crippen LogP contribution is 2.42. The Morgan fingerprint density at radius 3 is 1.35 bits per heavy atom. The Kier molecular flexibility index (Phi) is 9.25. The first-order chi connectivity index (χ1) is 15.8. The number of hydrogen-bond acceptors (Lipinski definition) is 4. The van der Waals surface area contributed by atoms with Gasteiger partial charge in [0.05, 0.1) is 6.20 Å². The van der Waals surface area contributed by atoms with E-state index in [1.165, 1.54) is 6.33 Å². The first-order valence-corrected chi connectivity index (χ1v) is 17.3. The molecule has 0 N–H and O–H groups in total. The molecule has 0 atom stereocenters. The van der Waals surface area contributed by atoms with E-state index in [1.54, 1.807) is 6.20 Å². The summed E-state index contributed by atoms with van der Waals surface area (Å²) in [4.78, 5) is 18.2. The van der Waals surface area contributed by atoms with Crippen LogP contribution in [-0.2, 0) is 0 Å². The SMILES string of the molecule is CC(C)[Si](C#Cc1nc2cncnc2nc1C#C[Si](C(C)C)(C(C)C)C(C)C)(C(C)C)C(C)C. The number of hydrogen-bond donors (Lipinski definition) is 0. The first-order valence-electron chi connectivity index (χ1n) is 12.8. The Morgan fingerprint density at radius 2 is 0.971 bits per heavy atom. The molecule has 2 rings (SSSR count). The van der Waals surface area contributed by atoms with E-state index in [4.69, 9.17) is 9.97 Å². The van der Waals surface area contributed by atoms with Crippen LogP contribution in [-0.4, -0.2) is 36.1 Å². The van der Waals surface area contributed by atoms with Crippen LogP contribution in [0.2, 0.25) is 33.2 Å². The van der Waals surface area contributed by atoms with Gasteiger partial charge in [-0.25, -0.2) is 19.9 Å². The van der Waals surface area contributed by atoms with Gasteiger partial charge in [-0.1, -0.05) is 94.9 Å². The maximum absolute atomic E-state index is 4.87. The zero-order valence-electron chi connectivity index (χ0n) is 23.4. The average Bonchev–Trinajstić information content (AvgIpc) is 2.73. The van der Waals surface area contributed by atoms with Gasteiger partial charge >= 0.3 is 0 Å². The molecule has 0 saturated carbocycles. The van der Waals surface area contributed by atoms with Crippen LogP contribution < -0.4 is 0 Å². The van der Waals surface area contributed by atoms with Crippen LogP contribution in [0.25, 0.3) is 11.2 Å². The molecule has 0 aliphatic rings. The van der Waals surface area contributed by atoms with E-state index in [1.807, 2.05) is 0 Å². The molecule has 0 radical (unpaired) electrons. The minimum atomic E-state index is -1.92. The molecule has 4 nitrogen and oxygen atoms in total. The van der Waals surface area contributed by atoms with E-state index in [0.29, 0.717) is 55.8 Å². The monoisotopic (exact) mass is 492 g/mol. The van der Waals surface area contributed by atoms with Gasteiger partial charge in [0.25, 0.3) is 0 Å². The Balaban J connectivity index is 2.83. The molecule has 0 aliphatic heterocycles. The second kappa shape index (κ2) is 11.1. The van der Waals surface area contributed by atoms with Crippen LogP contribution in [0.4, 0.5) is 0 Å². The van der Waals surface area contributed by atoms with Gasteiger partial charge in [-0.3, -0.25) is 0 Å². The molecule has 2 heterocycles. The number of nitrogens with zero attached hydrogens (tertiary/aromatic N) is 4. The third-order valence-corrected chi connectivity index (χ3v) is 20.5. The predicted octanol–water partition coefficient (Wildman–Crippen LogP) is 7.56. The third kappa shape index (κ3) is 5.29. The second-order valence-corrected chi connectivity index (χ2v) is 22.6. The summed E-state index contributed by atoms with van der Waals surface area (Å²) in [6.07, 6.45) is 3.23. The molecule has 0 aromatic carbocycles. The quantitative estimate of drug-likeness (QED) is 0.308. The lowest BCUT2D eigenvalue weighted by Crippen LogP contribution is -2.43. The summed E-state index contributed by atoms with van der Waals surface area (Å²) in [6.45, 7) is 27.9. The molecule has 0 saturated heterocycles. The summed E-state index contributed by atoms with van der Waals surface area (Å²) in [7, 11) is -3.83. The Morgan fingerprint density at radius 1 is 0.588 bits per heavy atom. The molecule has 0 bridgehead atoms. The van der Waals surface area contributed by atoms with Gasteiger partial charge in [-0.15, -0.1) is 11.1 Å². The lowest BCUT2D eigenvalue weighted by atomic mass is 10.3. The van der Waals surface area contributed by atoms with Gasteiger partial charge in [-0.2, -0.15) is 0 Å². The summed E-state index contributed by atoms with van der Waals surface area (Å²) in [5, 5.41) is 0. The minimum absolute atomic E-state index is 0.549.